The van der Waals surface area contributed by atoms with E-state index in [-0.39, 0.29) is 5.75 Å². The largest absolute Gasteiger partial charge is 0.342 e. The predicted octanol–water partition coefficient (Wildman–Crippen LogP) is 2.54. The van der Waals surface area contributed by atoms with Crippen molar-refractivity contribution < 1.29 is 8.42 Å². The normalized spacial score (nSPS) is 11.5. The van der Waals surface area contributed by atoms with Gasteiger partial charge in [-0.15, -0.1) is 0 Å². The zero-order chi connectivity index (χ0) is 13.9. The van der Waals surface area contributed by atoms with Crippen LogP contribution in [0.2, 0.25) is 0 Å². The minimum atomic E-state index is -3.23. The van der Waals surface area contributed by atoms with Crippen molar-refractivity contribution in [3.05, 3.63) is 36.3 Å². The first-order valence-electron chi connectivity index (χ1n) is 6.13. The number of H-pyrrole nitrogens is 1. The van der Waals surface area contributed by atoms with Crippen LogP contribution in [0.5, 0.6) is 0 Å². The number of sulfonamides is 1. The summed E-state index contributed by atoms with van der Waals surface area (Å²) in [6.07, 6.45) is 2.35. The first-order chi connectivity index (χ1) is 9.00. The van der Waals surface area contributed by atoms with E-state index in [1.54, 1.807) is 18.3 Å². The minimum absolute atomic E-state index is 0.133. The standard InChI is InChI=1S/C13H17N3O2S/c1-3-8-19(17,18)16-12-6-4-11(5-7-12)13-9-14-10(2)15-13/h4-7,9,16H,3,8H2,1-2H3,(H,14,15). The Kier molecular flexibility index (Phi) is 3.90. The highest BCUT2D eigenvalue weighted by Gasteiger charge is 2.08. The lowest BCUT2D eigenvalue weighted by Crippen LogP contribution is -2.15. The SMILES string of the molecule is CCCS(=O)(=O)Nc1ccc(-c2cnc(C)[nH]2)cc1. The van der Waals surface area contributed by atoms with E-state index in [0.29, 0.717) is 12.1 Å². The predicted molar refractivity (Wildman–Crippen MR) is 76.5 cm³/mol. The van der Waals surface area contributed by atoms with E-state index >= 15 is 0 Å². The van der Waals surface area contributed by atoms with Crippen LogP contribution in [0.3, 0.4) is 0 Å². The second-order valence-corrected chi connectivity index (χ2v) is 6.22. The van der Waals surface area contributed by atoms with E-state index in [9.17, 15) is 8.42 Å². The molecule has 1 heterocycles. The van der Waals surface area contributed by atoms with Crippen molar-refractivity contribution in [1.82, 2.24) is 9.97 Å². The minimum Gasteiger partial charge on any atom is -0.342 e. The molecule has 2 rings (SSSR count). The summed E-state index contributed by atoms with van der Waals surface area (Å²) in [5.41, 5.74) is 2.47. The van der Waals surface area contributed by atoms with Gasteiger partial charge < -0.3 is 4.98 Å². The zero-order valence-electron chi connectivity index (χ0n) is 11.0. The number of nitrogens with one attached hydrogen (secondary N) is 2. The Morgan fingerprint density at radius 2 is 1.95 bits per heavy atom. The molecule has 0 spiro atoms. The summed E-state index contributed by atoms with van der Waals surface area (Å²) < 4.78 is 25.8. The molecule has 0 radical (unpaired) electrons. The topological polar surface area (TPSA) is 74.8 Å². The molecule has 0 saturated carbocycles. The van der Waals surface area contributed by atoms with E-state index in [2.05, 4.69) is 14.7 Å². The average Bonchev–Trinajstić information content (AvgIpc) is 2.76. The average molecular weight is 279 g/mol. The molecular formula is C13H17N3O2S. The molecule has 1 aromatic heterocycles. The second-order valence-electron chi connectivity index (χ2n) is 4.38. The molecule has 0 aliphatic carbocycles. The zero-order valence-corrected chi connectivity index (χ0v) is 11.8. The molecule has 2 N–H and O–H groups in total. The van der Waals surface area contributed by atoms with Crippen LogP contribution in [0.1, 0.15) is 19.2 Å². The highest BCUT2D eigenvalue weighted by molar-refractivity contribution is 7.92. The van der Waals surface area contributed by atoms with E-state index in [1.165, 1.54) is 0 Å². The molecule has 0 bridgehead atoms. The fraction of sp³-hybridized carbons (Fsp3) is 0.308. The number of aromatic amines is 1. The van der Waals surface area contributed by atoms with Crippen LogP contribution in [-0.4, -0.2) is 24.1 Å². The molecule has 19 heavy (non-hydrogen) atoms. The summed E-state index contributed by atoms with van der Waals surface area (Å²) >= 11 is 0. The van der Waals surface area contributed by atoms with Gasteiger partial charge in [0, 0.05) is 5.69 Å². The second kappa shape index (κ2) is 5.44. The maximum Gasteiger partial charge on any atom is 0.232 e. The molecule has 0 aliphatic heterocycles. The van der Waals surface area contributed by atoms with Crippen molar-refractivity contribution in [2.75, 3.05) is 10.5 Å². The quantitative estimate of drug-likeness (QED) is 0.883. The van der Waals surface area contributed by atoms with Gasteiger partial charge in [0.2, 0.25) is 10.0 Å². The first-order valence-corrected chi connectivity index (χ1v) is 7.78. The molecule has 0 amide bonds. The summed E-state index contributed by atoms with van der Waals surface area (Å²) in [6, 6.07) is 7.21. The Hall–Kier alpha value is -1.82. The number of anilines is 1. The van der Waals surface area contributed by atoms with Crippen molar-refractivity contribution in [1.29, 1.82) is 0 Å². The van der Waals surface area contributed by atoms with Gasteiger partial charge in [0.25, 0.3) is 0 Å². The van der Waals surface area contributed by atoms with Gasteiger partial charge >= 0.3 is 0 Å². The first kappa shape index (κ1) is 13.6. The Balaban J connectivity index is 2.15. The number of imidazole rings is 1. The number of aryl methyl sites for hydroxylation is 1. The Morgan fingerprint density at radius 1 is 1.26 bits per heavy atom. The summed E-state index contributed by atoms with van der Waals surface area (Å²) in [7, 11) is -3.23. The number of aromatic nitrogens is 2. The van der Waals surface area contributed by atoms with Crippen LogP contribution in [0.15, 0.2) is 30.5 Å². The van der Waals surface area contributed by atoms with Gasteiger partial charge in [0.05, 0.1) is 17.6 Å². The highest BCUT2D eigenvalue weighted by Crippen LogP contribution is 2.20. The maximum absolute atomic E-state index is 11.6. The van der Waals surface area contributed by atoms with Gasteiger partial charge in [-0.05, 0) is 31.0 Å². The summed E-state index contributed by atoms with van der Waals surface area (Å²) in [5.74, 6) is 0.983. The number of benzene rings is 1. The van der Waals surface area contributed by atoms with Gasteiger partial charge in [-0.3, -0.25) is 4.72 Å². The monoisotopic (exact) mass is 279 g/mol. The van der Waals surface area contributed by atoms with Crippen LogP contribution in [0, 0.1) is 6.92 Å². The van der Waals surface area contributed by atoms with E-state index < -0.39 is 10.0 Å². The molecule has 5 nitrogen and oxygen atoms in total. The number of nitrogens with zero attached hydrogens (tertiary/aromatic N) is 1. The lowest BCUT2D eigenvalue weighted by atomic mass is 10.1. The third-order valence-electron chi connectivity index (χ3n) is 2.64. The van der Waals surface area contributed by atoms with E-state index in [0.717, 1.165) is 17.1 Å². The number of hydrogen-bond acceptors (Lipinski definition) is 3. The van der Waals surface area contributed by atoms with Crippen molar-refractivity contribution in [3.8, 4) is 11.3 Å². The lowest BCUT2D eigenvalue weighted by molar-refractivity contribution is 0.600. The number of rotatable bonds is 5. The number of hydrogen-bond donors (Lipinski definition) is 2. The summed E-state index contributed by atoms with van der Waals surface area (Å²) in [6.45, 7) is 3.72. The van der Waals surface area contributed by atoms with Gasteiger partial charge in [0.1, 0.15) is 5.82 Å². The fourth-order valence-corrected chi connectivity index (χ4v) is 2.92. The van der Waals surface area contributed by atoms with Crippen LogP contribution < -0.4 is 4.72 Å². The molecule has 1 aromatic carbocycles. The van der Waals surface area contributed by atoms with Crippen LogP contribution in [0.4, 0.5) is 5.69 Å². The third-order valence-corrected chi connectivity index (χ3v) is 4.14. The van der Waals surface area contributed by atoms with Gasteiger partial charge in [-0.2, -0.15) is 0 Å². The van der Waals surface area contributed by atoms with Crippen molar-refractivity contribution >= 4 is 15.7 Å². The summed E-state index contributed by atoms with van der Waals surface area (Å²) in [4.78, 5) is 7.26. The molecule has 102 valence electrons. The highest BCUT2D eigenvalue weighted by atomic mass is 32.2. The Labute approximate surface area is 113 Å². The van der Waals surface area contributed by atoms with Crippen LogP contribution in [0.25, 0.3) is 11.3 Å². The maximum atomic E-state index is 11.6. The fourth-order valence-electron chi connectivity index (χ4n) is 1.78. The van der Waals surface area contributed by atoms with Crippen LogP contribution >= 0.6 is 0 Å². The van der Waals surface area contributed by atoms with Gasteiger partial charge in [-0.25, -0.2) is 13.4 Å². The molecule has 2 aromatic rings. The molecule has 0 fully saturated rings. The lowest BCUT2D eigenvalue weighted by Gasteiger charge is -2.07. The Morgan fingerprint density at radius 3 is 2.47 bits per heavy atom. The summed E-state index contributed by atoms with van der Waals surface area (Å²) in [5, 5.41) is 0. The van der Waals surface area contributed by atoms with E-state index in [1.807, 2.05) is 26.0 Å². The molecule has 0 atom stereocenters. The van der Waals surface area contributed by atoms with Gasteiger partial charge in [-0.1, -0.05) is 19.1 Å². The van der Waals surface area contributed by atoms with Crippen LogP contribution in [-0.2, 0) is 10.0 Å². The van der Waals surface area contributed by atoms with Crippen molar-refractivity contribution in [2.45, 2.75) is 20.3 Å². The Bertz CT molecular complexity index is 645. The van der Waals surface area contributed by atoms with Gasteiger partial charge in [0.15, 0.2) is 0 Å². The third kappa shape index (κ3) is 3.57. The molecule has 0 aliphatic rings. The van der Waals surface area contributed by atoms with E-state index in [4.69, 9.17) is 0 Å². The smallest absolute Gasteiger partial charge is 0.232 e. The van der Waals surface area contributed by atoms with Crippen molar-refractivity contribution in [2.24, 2.45) is 0 Å². The molecule has 6 heteroatoms. The molecule has 0 unspecified atom stereocenters. The van der Waals surface area contributed by atoms with Crippen molar-refractivity contribution in [3.63, 3.8) is 0 Å². The molecular weight excluding hydrogens is 262 g/mol. The molecule has 0 saturated heterocycles.